The second-order valence-corrected chi connectivity index (χ2v) is 5.96. The van der Waals surface area contributed by atoms with E-state index in [1.165, 1.54) is 11.4 Å². The highest BCUT2D eigenvalue weighted by atomic mass is 32.1. The average molecular weight is 246 g/mol. The summed E-state index contributed by atoms with van der Waals surface area (Å²) in [6, 6.07) is 0. The number of rotatable bonds is 2. The van der Waals surface area contributed by atoms with Crippen LogP contribution in [0, 0.1) is 0 Å². The van der Waals surface area contributed by atoms with Crippen molar-refractivity contribution in [2.24, 2.45) is 0 Å². The SMILES string of the molecule is CC[SH]=CN1CCCN1C(=O)OC(C)(C)C. The average Bonchev–Trinajstić information content (AvgIpc) is 2.59. The zero-order valence-corrected chi connectivity index (χ0v) is 11.5. The summed E-state index contributed by atoms with van der Waals surface area (Å²) in [4.78, 5) is 11.9. The molecule has 4 nitrogen and oxygen atoms in total. The summed E-state index contributed by atoms with van der Waals surface area (Å²) in [5.41, 5.74) is 1.63. The van der Waals surface area contributed by atoms with Crippen LogP contribution in [0.3, 0.4) is 0 Å². The van der Waals surface area contributed by atoms with Crippen molar-refractivity contribution in [3.63, 3.8) is 0 Å². The Morgan fingerprint density at radius 3 is 2.69 bits per heavy atom. The summed E-state index contributed by atoms with van der Waals surface area (Å²) in [6.07, 6.45) is 0.766. The standard InChI is InChI=1S/C11H22N2O2S/c1-5-16-9-12-7-6-8-13(12)10(14)15-11(2,3)4/h9,16H,5-8H2,1-4H3. The highest BCUT2D eigenvalue weighted by Crippen LogP contribution is 2.15. The van der Waals surface area contributed by atoms with E-state index in [-0.39, 0.29) is 6.09 Å². The first-order chi connectivity index (χ1) is 7.44. The fourth-order valence-electron chi connectivity index (χ4n) is 1.44. The molecule has 0 unspecified atom stereocenters. The minimum Gasteiger partial charge on any atom is -0.443 e. The summed E-state index contributed by atoms with van der Waals surface area (Å²) < 4.78 is 5.35. The van der Waals surface area contributed by atoms with E-state index in [0.717, 1.165) is 25.3 Å². The lowest BCUT2D eigenvalue weighted by molar-refractivity contribution is -0.00115. The maximum atomic E-state index is 11.9. The molecule has 5 heteroatoms. The van der Waals surface area contributed by atoms with Gasteiger partial charge in [-0.25, -0.2) is 9.80 Å². The zero-order valence-electron chi connectivity index (χ0n) is 10.6. The second kappa shape index (κ2) is 5.68. The predicted molar refractivity (Wildman–Crippen MR) is 69.9 cm³/mol. The van der Waals surface area contributed by atoms with Crippen molar-refractivity contribution in [3.05, 3.63) is 0 Å². The van der Waals surface area contributed by atoms with Crippen LogP contribution in [0.2, 0.25) is 0 Å². The van der Waals surface area contributed by atoms with Crippen LogP contribution in [0.4, 0.5) is 4.79 Å². The van der Waals surface area contributed by atoms with Gasteiger partial charge in [0.1, 0.15) is 5.60 Å². The Morgan fingerprint density at radius 2 is 2.12 bits per heavy atom. The number of nitrogens with zero attached hydrogens (tertiary/aromatic N) is 2. The van der Waals surface area contributed by atoms with E-state index in [9.17, 15) is 4.79 Å². The largest absolute Gasteiger partial charge is 0.443 e. The minimum atomic E-state index is -0.423. The van der Waals surface area contributed by atoms with Crippen LogP contribution in [0.25, 0.3) is 0 Å². The van der Waals surface area contributed by atoms with Crippen molar-refractivity contribution in [3.8, 4) is 0 Å². The molecule has 0 spiro atoms. The van der Waals surface area contributed by atoms with E-state index < -0.39 is 5.60 Å². The van der Waals surface area contributed by atoms with E-state index in [2.05, 4.69) is 12.4 Å². The van der Waals surface area contributed by atoms with Gasteiger partial charge in [-0.2, -0.15) is 16.4 Å². The van der Waals surface area contributed by atoms with Crippen LogP contribution in [-0.4, -0.2) is 46.0 Å². The number of carbonyl (C=O) groups is 1. The molecule has 0 radical (unpaired) electrons. The Hall–Kier alpha value is -0.550. The maximum Gasteiger partial charge on any atom is 0.425 e. The Kier molecular flexibility index (Phi) is 4.80. The maximum absolute atomic E-state index is 11.9. The van der Waals surface area contributed by atoms with Crippen molar-refractivity contribution in [2.45, 2.75) is 39.7 Å². The summed E-state index contributed by atoms with van der Waals surface area (Å²) >= 11 is 1.23. The summed E-state index contributed by atoms with van der Waals surface area (Å²) in [5, 5.41) is 3.66. The Morgan fingerprint density at radius 1 is 1.44 bits per heavy atom. The van der Waals surface area contributed by atoms with E-state index >= 15 is 0 Å². The van der Waals surface area contributed by atoms with Crippen molar-refractivity contribution >= 4 is 22.9 Å². The number of hydrogen-bond acceptors (Lipinski definition) is 2. The fourth-order valence-corrected chi connectivity index (χ4v) is 2.03. The van der Waals surface area contributed by atoms with Gasteiger partial charge >= 0.3 is 6.09 Å². The lowest BCUT2D eigenvalue weighted by atomic mass is 10.2. The number of amides is 1. The van der Waals surface area contributed by atoms with Gasteiger partial charge in [-0.05, 0) is 32.9 Å². The summed E-state index contributed by atoms with van der Waals surface area (Å²) in [5.74, 6) is 1.07. The lowest BCUT2D eigenvalue weighted by Crippen LogP contribution is -2.43. The molecule has 1 heterocycles. The molecular formula is C11H22N2O2S. The highest BCUT2D eigenvalue weighted by Gasteiger charge is 2.29. The van der Waals surface area contributed by atoms with E-state index in [1.807, 2.05) is 25.8 Å². The number of thiol groups is 1. The van der Waals surface area contributed by atoms with Gasteiger partial charge < -0.3 is 4.74 Å². The molecule has 1 aliphatic rings. The van der Waals surface area contributed by atoms with Gasteiger partial charge in [0.05, 0.1) is 0 Å². The smallest absolute Gasteiger partial charge is 0.425 e. The van der Waals surface area contributed by atoms with Crippen molar-refractivity contribution in [1.29, 1.82) is 0 Å². The number of ether oxygens (including phenoxy) is 1. The first-order valence-corrected chi connectivity index (χ1v) is 6.86. The zero-order chi connectivity index (χ0) is 12.2. The van der Waals surface area contributed by atoms with E-state index in [1.54, 1.807) is 5.01 Å². The van der Waals surface area contributed by atoms with Gasteiger partial charge in [-0.15, -0.1) is 0 Å². The molecular weight excluding hydrogens is 224 g/mol. The molecule has 0 aromatic heterocycles. The van der Waals surface area contributed by atoms with Crippen LogP contribution in [0.1, 0.15) is 34.1 Å². The molecule has 0 N–H and O–H groups in total. The molecule has 1 saturated heterocycles. The molecule has 0 aromatic carbocycles. The molecule has 0 bridgehead atoms. The van der Waals surface area contributed by atoms with Crippen molar-refractivity contribution < 1.29 is 9.53 Å². The van der Waals surface area contributed by atoms with Crippen molar-refractivity contribution in [2.75, 3.05) is 18.8 Å². The Bertz CT molecular complexity index is 274. The van der Waals surface area contributed by atoms with Crippen molar-refractivity contribution in [1.82, 2.24) is 10.0 Å². The normalized spacial score (nSPS) is 18.9. The first kappa shape index (κ1) is 13.5. The quantitative estimate of drug-likeness (QED) is 0.598. The summed E-state index contributed by atoms with van der Waals surface area (Å²) in [6.45, 7) is 9.45. The highest BCUT2D eigenvalue weighted by molar-refractivity contribution is 7.97. The van der Waals surface area contributed by atoms with Crippen LogP contribution in [0.15, 0.2) is 0 Å². The van der Waals surface area contributed by atoms with E-state index in [4.69, 9.17) is 4.74 Å². The van der Waals surface area contributed by atoms with Crippen LogP contribution in [-0.2, 0) is 4.74 Å². The van der Waals surface area contributed by atoms with Gasteiger partial charge in [-0.3, -0.25) is 0 Å². The minimum absolute atomic E-state index is 0.243. The van der Waals surface area contributed by atoms with Gasteiger partial charge in [0.2, 0.25) is 0 Å². The number of hydrazine groups is 1. The van der Waals surface area contributed by atoms with Crippen LogP contribution < -0.4 is 0 Å². The molecule has 1 fully saturated rings. The molecule has 1 aliphatic heterocycles. The topological polar surface area (TPSA) is 32.8 Å². The number of carbonyl (C=O) groups excluding carboxylic acids is 1. The number of hydrogen-bond donors (Lipinski definition) is 1. The molecule has 94 valence electrons. The molecule has 16 heavy (non-hydrogen) atoms. The van der Waals surface area contributed by atoms with E-state index in [0.29, 0.717) is 0 Å². The van der Waals surface area contributed by atoms with Gasteiger partial charge in [0, 0.05) is 18.6 Å². The summed E-state index contributed by atoms with van der Waals surface area (Å²) in [7, 11) is 0. The van der Waals surface area contributed by atoms with Gasteiger partial charge in [-0.1, -0.05) is 6.92 Å². The Balaban J connectivity index is 2.57. The van der Waals surface area contributed by atoms with Crippen LogP contribution in [0.5, 0.6) is 0 Å². The first-order valence-electron chi connectivity index (χ1n) is 5.71. The third-order valence-corrected chi connectivity index (χ3v) is 2.86. The van der Waals surface area contributed by atoms with Crippen LogP contribution >= 0.6 is 11.4 Å². The third-order valence-electron chi connectivity index (χ3n) is 2.07. The molecule has 1 amide bonds. The van der Waals surface area contributed by atoms with Gasteiger partial charge in [0.15, 0.2) is 0 Å². The molecule has 1 rings (SSSR count). The molecule has 0 aliphatic carbocycles. The lowest BCUT2D eigenvalue weighted by Gasteiger charge is -2.28. The molecule has 0 aromatic rings. The Labute approximate surface area is 101 Å². The fraction of sp³-hybridized carbons (Fsp3) is 0.818. The van der Waals surface area contributed by atoms with Gasteiger partial charge in [0.25, 0.3) is 0 Å². The second-order valence-electron chi connectivity index (χ2n) is 4.73. The monoisotopic (exact) mass is 246 g/mol. The molecule has 0 atom stereocenters. The molecule has 0 saturated carbocycles. The predicted octanol–water partition coefficient (Wildman–Crippen LogP) is 2.09. The third kappa shape index (κ3) is 4.14.